The number of nitrogens with zero attached hydrogens (tertiary/aromatic N) is 2. The maximum Gasteiger partial charge on any atom is 0.270 e. The second-order valence-electron chi connectivity index (χ2n) is 8.04. The lowest BCUT2D eigenvalue weighted by molar-refractivity contribution is 0.0759. The number of hydrogen-bond donors (Lipinski definition) is 2. The van der Waals surface area contributed by atoms with Crippen LogP contribution in [0, 0.1) is 18.7 Å². The zero-order valence-corrected chi connectivity index (χ0v) is 16.6. The van der Waals surface area contributed by atoms with Gasteiger partial charge < -0.3 is 15.0 Å². The van der Waals surface area contributed by atoms with Crippen LogP contribution in [-0.2, 0) is 6.42 Å². The summed E-state index contributed by atoms with van der Waals surface area (Å²) in [6.45, 7) is 2.58. The molecule has 0 unspecified atom stereocenters. The zero-order chi connectivity index (χ0) is 20.8. The smallest absolute Gasteiger partial charge is 0.270 e. The molecule has 0 aliphatic carbocycles. The quantitative estimate of drug-likeness (QED) is 0.546. The minimum Gasteiger partial charge on any atom is -0.391 e. The Labute approximate surface area is 173 Å². The standard InChI is InChI=1S/C24H22FN3O2/c1-14-19-11-17(25)6-7-21(19)27-23(14)24(30)28-12-16(22(29)13-28)10-15-8-9-26-20-5-3-2-4-18(15)20/h2-9,11,16,22,27,29H,10,12-13H2,1H3/t16-,22+/m1/s1. The highest BCUT2D eigenvalue weighted by molar-refractivity contribution is 6.01. The summed E-state index contributed by atoms with van der Waals surface area (Å²) < 4.78 is 13.6. The molecule has 3 heterocycles. The fourth-order valence-corrected chi connectivity index (χ4v) is 4.51. The molecule has 1 saturated heterocycles. The predicted molar refractivity (Wildman–Crippen MR) is 114 cm³/mol. The second-order valence-corrected chi connectivity index (χ2v) is 8.04. The number of para-hydroxylation sites is 1. The molecule has 2 aromatic heterocycles. The molecule has 1 aliphatic heterocycles. The maximum absolute atomic E-state index is 13.6. The van der Waals surface area contributed by atoms with Gasteiger partial charge in [0, 0.05) is 41.5 Å². The van der Waals surface area contributed by atoms with Gasteiger partial charge in [-0.2, -0.15) is 0 Å². The van der Waals surface area contributed by atoms with Gasteiger partial charge in [0.25, 0.3) is 5.91 Å². The number of aryl methyl sites for hydroxylation is 1. The SMILES string of the molecule is Cc1c(C(=O)N2C[C@@H](Cc3ccnc4ccccc34)[C@@H](O)C2)[nH]c2ccc(F)cc12. The summed E-state index contributed by atoms with van der Waals surface area (Å²) in [6.07, 6.45) is 1.86. The highest BCUT2D eigenvalue weighted by Crippen LogP contribution is 2.28. The first-order chi connectivity index (χ1) is 14.5. The van der Waals surface area contributed by atoms with Crippen LogP contribution in [0.1, 0.15) is 21.6 Å². The van der Waals surface area contributed by atoms with E-state index >= 15 is 0 Å². The number of H-pyrrole nitrogens is 1. The summed E-state index contributed by atoms with van der Waals surface area (Å²) in [5, 5.41) is 12.4. The molecule has 30 heavy (non-hydrogen) atoms. The highest BCUT2D eigenvalue weighted by atomic mass is 19.1. The summed E-state index contributed by atoms with van der Waals surface area (Å²) in [5.74, 6) is -0.544. The molecule has 0 bridgehead atoms. The summed E-state index contributed by atoms with van der Waals surface area (Å²) in [4.78, 5) is 22.4. The predicted octanol–water partition coefficient (Wildman–Crippen LogP) is 3.84. The van der Waals surface area contributed by atoms with Crippen molar-refractivity contribution in [1.82, 2.24) is 14.9 Å². The number of β-amino-alcohol motifs (C(OH)–C–C–N with tert-alkyl or cyclic N) is 1. The van der Waals surface area contributed by atoms with Crippen molar-refractivity contribution in [3.63, 3.8) is 0 Å². The lowest BCUT2D eigenvalue weighted by Gasteiger charge is -2.16. The van der Waals surface area contributed by atoms with Crippen LogP contribution in [0.2, 0.25) is 0 Å². The number of carbonyl (C=O) groups is 1. The number of pyridine rings is 1. The van der Waals surface area contributed by atoms with Crippen molar-refractivity contribution in [3.05, 3.63) is 77.4 Å². The molecule has 5 rings (SSSR count). The molecule has 152 valence electrons. The number of carbonyl (C=O) groups excluding carboxylic acids is 1. The number of nitrogens with one attached hydrogen (secondary N) is 1. The Morgan fingerprint density at radius 1 is 1.20 bits per heavy atom. The zero-order valence-electron chi connectivity index (χ0n) is 16.6. The fourth-order valence-electron chi connectivity index (χ4n) is 4.51. The average molecular weight is 403 g/mol. The van der Waals surface area contributed by atoms with Crippen molar-refractivity contribution >= 4 is 27.7 Å². The molecule has 2 atom stereocenters. The van der Waals surface area contributed by atoms with Crippen LogP contribution in [0.25, 0.3) is 21.8 Å². The highest BCUT2D eigenvalue weighted by Gasteiger charge is 2.35. The third-order valence-electron chi connectivity index (χ3n) is 6.15. The first-order valence-electron chi connectivity index (χ1n) is 10.1. The van der Waals surface area contributed by atoms with E-state index in [-0.39, 0.29) is 24.2 Å². The van der Waals surface area contributed by atoms with Crippen molar-refractivity contribution < 1.29 is 14.3 Å². The second kappa shape index (κ2) is 7.22. The number of aliphatic hydroxyl groups excluding tert-OH is 1. The third kappa shape index (κ3) is 3.13. The Balaban J connectivity index is 1.39. The summed E-state index contributed by atoms with van der Waals surface area (Å²) >= 11 is 0. The largest absolute Gasteiger partial charge is 0.391 e. The van der Waals surface area contributed by atoms with E-state index in [4.69, 9.17) is 0 Å². The Morgan fingerprint density at radius 3 is 2.90 bits per heavy atom. The normalized spacial score (nSPS) is 19.1. The van der Waals surface area contributed by atoms with Gasteiger partial charge in [-0.15, -0.1) is 0 Å². The Hall–Kier alpha value is -3.25. The minimum absolute atomic E-state index is 0.0538. The third-order valence-corrected chi connectivity index (χ3v) is 6.15. The number of aromatic nitrogens is 2. The number of rotatable bonds is 3. The van der Waals surface area contributed by atoms with Gasteiger partial charge in [-0.1, -0.05) is 18.2 Å². The van der Waals surface area contributed by atoms with Crippen molar-refractivity contribution in [3.8, 4) is 0 Å². The van der Waals surface area contributed by atoms with Gasteiger partial charge in [0.05, 0.1) is 11.6 Å². The van der Waals surface area contributed by atoms with Gasteiger partial charge in [0.15, 0.2) is 0 Å². The van der Waals surface area contributed by atoms with Crippen molar-refractivity contribution in [2.24, 2.45) is 5.92 Å². The number of benzene rings is 2. The molecule has 2 N–H and O–H groups in total. The molecule has 4 aromatic rings. The van der Waals surface area contributed by atoms with Gasteiger partial charge in [-0.3, -0.25) is 9.78 Å². The van der Waals surface area contributed by atoms with E-state index in [0.717, 1.165) is 27.5 Å². The lowest BCUT2D eigenvalue weighted by atomic mass is 9.94. The molecule has 0 radical (unpaired) electrons. The minimum atomic E-state index is -0.594. The molecule has 1 aliphatic rings. The van der Waals surface area contributed by atoms with Gasteiger partial charge in [-0.05, 0) is 54.8 Å². The topological polar surface area (TPSA) is 69.2 Å². The molecular weight excluding hydrogens is 381 g/mol. The van der Waals surface area contributed by atoms with E-state index in [2.05, 4.69) is 9.97 Å². The van der Waals surface area contributed by atoms with Gasteiger partial charge in [0.1, 0.15) is 11.5 Å². The van der Waals surface area contributed by atoms with Gasteiger partial charge in [0.2, 0.25) is 0 Å². The number of fused-ring (bicyclic) bond motifs is 2. The van der Waals surface area contributed by atoms with Crippen LogP contribution in [0.15, 0.2) is 54.7 Å². The number of likely N-dealkylation sites (tertiary alicyclic amines) is 1. The van der Waals surface area contributed by atoms with Crippen molar-refractivity contribution in [2.45, 2.75) is 19.4 Å². The summed E-state index contributed by atoms with van der Waals surface area (Å²) in [5.41, 5.74) is 3.97. The number of halogens is 1. The summed E-state index contributed by atoms with van der Waals surface area (Å²) in [7, 11) is 0. The van der Waals surface area contributed by atoms with E-state index in [1.807, 2.05) is 37.3 Å². The first-order valence-corrected chi connectivity index (χ1v) is 10.1. The Bertz CT molecular complexity index is 1260. The maximum atomic E-state index is 13.6. The average Bonchev–Trinajstić information content (AvgIpc) is 3.28. The Kier molecular flexibility index (Phi) is 4.51. The Morgan fingerprint density at radius 2 is 2.03 bits per heavy atom. The van der Waals surface area contributed by atoms with E-state index in [9.17, 15) is 14.3 Å². The number of hydrogen-bond acceptors (Lipinski definition) is 3. The number of aromatic amines is 1. The van der Waals surface area contributed by atoms with Crippen LogP contribution >= 0.6 is 0 Å². The molecule has 5 nitrogen and oxygen atoms in total. The van der Waals surface area contributed by atoms with Crippen LogP contribution < -0.4 is 0 Å². The summed E-state index contributed by atoms with van der Waals surface area (Å²) in [6, 6.07) is 14.4. The molecule has 1 fully saturated rings. The van der Waals surface area contributed by atoms with E-state index in [1.165, 1.54) is 12.1 Å². The molecular formula is C24H22FN3O2. The fraction of sp³-hybridized carbons (Fsp3) is 0.250. The van der Waals surface area contributed by atoms with Crippen LogP contribution in [0.3, 0.4) is 0 Å². The molecule has 0 spiro atoms. The van der Waals surface area contributed by atoms with Gasteiger partial charge in [-0.25, -0.2) is 4.39 Å². The lowest BCUT2D eigenvalue weighted by Crippen LogP contribution is -2.30. The van der Waals surface area contributed by atoms with E-state index in [1.54, 1.807) is 17.2 Å². The van der Waals surface area contributed by atoms with E-state index in [0.29, 0.717) is 24.0 Å². The number of amides is 1. The van der Waals surface area contributed by atoms with Crippen LogP contribution in [0.4, 0.5) is 4.39 Å². The monoisotopic (exact) mass is 403 g/mol. The molecule has 6 heteroatoms. The molecule has 1 amide bonds. The van der Waals surface area contributed by atoms with Crippen LogP contribution in [-0.4, -0.2) is 45.1 Å². The van der Waals surface area contributed by atoms with Crippen molar-refractivity contribution in [1.29, 1.82) is 0 Å². The number of aliphatic hydroxyl groups is 1. The molecule has 2 aromatic carbocycles. The molecule has 0 saturated carbocycles. The van der Waals surface area contributed by atoms with Gasteiger partial charge >= 0.3 is 0 Å². The van der Waals surface area contributed by atoms with E-state index < -0.39 is 6.10 Å². The van der Waals surface area contributed by atoms with Crippen molar-refractivity contribution in [2.75, 3.05) is 13.1 Å². The van der Waals surface area contributed by atoms with Crippen LogP contribution in [0.5, 0.6) is 0 Å². The first kappa shape index (κ1) is 18.8.